The Kier molecular flexibility index (Phi) is 4.04. The molecule has 1 amide bonds. The summed E-state index contributed by atoms with van der Waals surface area (Å²) in [5.41, 5.74) is 6.73. The lowest BCUT2D eigenvalue weighted by molar-refractivity contribution is -0.118. The third-order valence-electron chi connectivity index (χ3n) is 2.62. The molecule has 1 aromatic rings. The van der Waals surface area contributed by atoms with E-state index in [2.05, 4.69) is 5.32 Å². The van der Waals surface area contributed by atoms with Gasteiger partial charge in [0.05, 0.1) is 23.6 Å². The lowest BCUT2D eigenvalue weighted by Crippen LogP contribution is -2.25. The van der Waals surface area contributed by atoms with Crippen molar-refractivity contribution in [3.8, 4) is 11.5 Å². The summed E-state index contributed by atoms with van der Waals surface area (Å²) in [7, 11) is 0. The van der Waals surface area contributed by atoms with E-state index in [1.165, 1.54) is 0 Å². The molecule has 0 fully saturated rings. The van der Waals surface area contributed by atoms with Crippen molar-refractivity contribution in [3.05, 3.63) is 12.1 Å². The van der Waals surface area contributed by atoms with E-state index in [1.807, 2.05) is 20.8 Å². The molecule has 2 rings (SSSR count). The Morgan fingerprint density at radius 3 is 2.80 bits per heavy atom. The zero-order valence-corrected chi connectivity index (χ0v) is 12.0. The van der Waals surface area contributed by atoms with Crippen LogP contribution in [0.1, 0.15) is 20.8 Å². The van der Waals surface area contributed by atoms with Crippen molar-refractivity contribution in [2.24, 2.45) is 0 Å². The first-order chi connectivity index (χ1) is 9.35. The standard InChI is InChI=1S/C14H20N2O4/c1-14(2,3)20-5-4-18-11-7-10-12(6-9(11)15)19-8-13(17)16-10/h6-7H,4-5,8,15H2,1-3H3,(H,16,17). The minimum atomic E-state index is -0.202. The van der Waals surface area contributed by atoms with Gasteiger partial charge in [0.2, 0.25) is 0 Å². The molecule has 0 spiro atoms. The van der Waals surface area contributed by atoms with Gasteiger partial charge in [-0.3, -0.25) is 4.79 Å². The first kappa shape index (κ1) is 14.5. The summed E-state index contributed by atoms with van der Waals surface area (Å²) < 4.78 is 16.4. The average Bonchev–Trinajstić information content (AvgIpc) is 2.34. The fourth-order valence-corrected chi connectivity index (χ4v) is 1.75. The molecule has 1 aromatic carbocycles. The maximum absolute atomic E-state index is 11.3. The van der Waals surface area contributed by atoms with Gasteiger partial charge in [-0.25, -0.2) is 0 Å². The van der Waals surface area contributed by atoms with Crippen LogP contribution in [0.2, 0.25) is 0 Å². The molecule has 0 bridgehead atoms. The van der Waals surface area contributed by atoms with Crippen molar-refractivity contribution in [2.75, 3.05) is 30.9 Å². The quantitative estimate of drug-likeness (QED) is 0.649. The third-order valence-corrected chi connectivity index (χ3v) is 2.62. The van der Waals surface area contributed by atoms with Crippen molar-refractivity contribution >= 4 is 17.3 Å². The second-order valence-corrected chi connectivity index (χ2v) is 5.53. The Hall–Kier alpha value is -1.95. The fraction of sp³-hybridized carbons (Fsp3) is 0.500. The highest BCUT2D eigenvalue weighted by atomic mass is 16.5. The first-order valence-corrected chi connectivity index (χ1v) is 6.48. The maximum atomic E-state index is 11.3. The number of rotatable bonds is 4. The van der Waals surface area contributed by atoms with Crippen LogP contribution in [0.4, 0.5) is 11.4 Å². The van der Waals surface area contributed by atoms with Crippen molar-refractivity contribution in [1.29, 1.82) is 0 Å². The van der Waals surface area contributed by atoms with Crippen molar-refractivity contribution < 1.29 is 19.0 Å². The fourth-order valence-electron chi connectivity index (χ4n) is 1.75. The molecule has 6 heteroatoms. The van der Waals surface area contributed by atoms with Crippen LogP contribution in [0.5, 0.6) is 11.5 Å². The summed E-state index contributed by atoms with van der Waals surface area (Å²) in [6.07, 6.45) is 0. The Morgan fingerprint density at radius 2 is 2.10 bits per heavy atom. The van der Waals surface area contributed by atoms with Crippen molar-refractivity contribution in [2.45, 2.75) is 26.4 Å². The van der Waals surface area contributed by atoms with Crippen LogP contribution in [0.25, 0.3) is 0 Å². The summed E-state index contributed by atoms with van der Waals surface area (Å²) in [5, 5.41) is 2.71. The van der Waals surface area contributed by atoms with Crippen LogP contribution in [-0.2, 0) is 9.53 Å². The van der Waals surface area contributed by atoms with Crippen molar-refractivity contribution in [1.82, 2.24) is 0 Å². The highest BCUT2D eigenvalue weighted by Gasteiger charge is 2.18. The van der Waals surface area contributed by atoms with Gasteiger partial charge in [-0.2, -0.15) is 0 Å². The molecule has 1 aliphatic heterocycles. The number of hydrogen-bond donors (Lipinski definition) is 2. The number of anilines is 2. The largest absolute Gasteiger partial charge is 0.489 e. The molecule has 0 radical (unpaired) electrons. The van der Waals surface area contributed by atoms with E-state index in [-0.39, 0.29) is 18.1 Å². The third kappa shape index (κ3) is 3.77. The summed E-state index contributed by atoms with van der Waals surface area (Å²) in [6.45, 7) is 6.79. The second-order valence-electron chi connectivity index (χ2n) is 5.53. The van der Waals surface area contributed by atoms with Crippen LogP contribution in [0.15, 0.2) is 12.1 Å². The number of nitrogen functional groups attached to an aromatic ring is 1. The van der Waals surface area contributed by atoms with Gasteiger partial charge in [0.15, 0.2) is 6.61 Å². The van der Waals surface area contributed by atoms with E-state index < -0.39 is 0 Å². The molecule has 0 aliphatic carbocycles. The molecule has 0 saturated heterocycles. The first-order valence-electron chi connectivity index (χ1n) is 6.48. The summed E-state index contributed by atoms with van der Waals surface area (Å²) in [6, 6.07) is 3.31. The molecular weight excluding hydrogens is 260 g/mol. The molecular formula is C14H20N2O4. The van der Waals surface area contributed by atoms with Gasteiger partial charge in [-0.15, -0.1) is 0 Å². The number of nitrogens with one attached hydrogen (secondary N) is 1. The van der Waals surface area contributed by atoms with Crippen LogP contribution in [0.3, 0.4) is 0 Å². The number of ether oxygens (including phenoxy) is 3. The Morgan fingerprint density at radius 1 is 1.35 bits per heavy atom. The SMILES string of the molecule is CC(C)(C)OCCOc1cc2c(cc1N)OCC(=O)N2. The molecule has 20 heavy (non-hydrogen) atoms. The van der Waals surface area contributed by atoms with E-state index in [0.717, 1.165) is 0 Å². The Labute approximate surface area is 118 Å². The predicted molar refractivity (Wildman–Crippen MR) is 76.2 cm³/mol. The zero-order valence-electron chi connectivity index (χ0n) is 12.0. The summed E-state index contributed by atoms with van der Waals surface area (Å²) in [4.78, 5) is 11.3. The molecule has 6 nitrogen and oxygen atoms in total. The van der Waals surface area contributed by atoms with E-state index >= 15 is 0 Å². The number of fused-ring (bicyclic) bond motifs is 1. The topological polar surface area (TPSA) is 82.8 Å². The van der Waals surface area contributed by atoms with E-state index in [4.69, 9.17) is 19.9 Å². The minimum absolute atomic E-state index is 0.00602. The van der Waals surface area contributed by atoms with Gasteiger partial charge < -0.3 is 25.3 Å². The predicted octanol–water partition coefficient (Wildman–Crippen LogP) is 1.79. The molecule has 0 atom stereocenters. The van der Waals surface area contributed by atoms with Gasteiger partial charge in [0, 0.05) is 12.1 Å². The second kappa shape index (κ2) is 5.58. The van der Waals surface area contributed by atoms with Gasteiger partial charge in [0.1, 0.15) is 18.1 Å². The highest BCUT2D eigenvalue weighted by molar-refractivity contribution is 5.96. The number of amides is 1. The van der Waals surface area contributed by atoms with E-state index in [0.29, 0.717) is 36.1 Å². The van der Waals surface area contributed by atoms with Gasteiger partial charge in [-0.1, -0.05) is 0 Å². The Bertz CT molecular complexity index is 509. The number of hydrogen-bond acceptors (Lipinski definition) is 5. The maximum Gasteiger partial charge on any atom is 0.262 e. The number of nitrogens with two attached hydrogens (primary N) is 1. The van der Waals surface area contributed by atoms with Crippen LogP contribution >= 0.6 is 0 Å². The smallest absolute Gasteiger partial charge is 0.262 e. The van der Waals surface area contributed by atoms with E-state index in [9.17, 15) is 4.79 Å². The van der Waals surface area contributed by atoms with Crippen LogP contribution in [0, 0.1) is 0 Å². The van der Waals surface area contributed by atoms with Gasteiger partial charge in [-0.05, 0) is 20.8 Å². The summed E-state index contributed by atoms with van der Waals surface area (Å²) >= 11 is 0. The molecule has 110 valence electrons. The number of benzene rings is 1. The average molecular weight is 280 g/mol. The lowest BCUT2D eigenvalue weighted by atomic mass is 10.2. The van der Waals surface area contributed by atoms with E-state index in [1.54, 1.807) is 12.1 Å². The van der Waals surface area contributed by atoms with Crippen LogP contribution < -0.4 is 20.5 Å². The molecule has 3 N–H and O–H groups in total. The summed E-state index contributed by atoms with van der Waals surface area (Å²) in [5.74, 6) is 0.872. The monoisotopic (exact) mass is 280 g/mol. The number of carbonyl (C=O) groups is 1. The van der Waals surface area contributed by atoms with Gasteiger partial charge >= 0.3 is 0 Å². The molecule has 1 aliphatic rings. The highest BCUT2D eigenvalue weighted by Crippen LogP contribution is 2.36. The molecule has 0 saturated carbocycles. The molecule has 0 unspecified atom stereocenters. The van der Waals surface area contributed by atoms with Crippen LogP contribution in [-0.4, -0.2) is 31.3 Å². The number of carbonyl (C=O) groups excluding carboxylic acids is 1. The minimum Gasteiger partial charge on any atom is -0.489 e. The molecule has 0 aromatic heterocycles. The van der Waals surface area contributed by atoms with Crippen molar-refractivity contribution in [3.63, 3.8) is 0 Å². The normalized spacial score (nSPS) is 14.2. The molecule has 1 heterocycles. The zero-order chi connectivity index (χ0) is 14.8. The lowest BCUT2D eigenvalue weighted by Gasteiger charge is -2.21. The van der Waals surface area contributed by atoms with Gasteiger partial charge in [0.25, 0.3) is 5.91 Å². The Balaban J connectivity index is 1.98.